The van der Waals surface area contributed by atoms with Gasteiger partial charge in [0.1, 0.15) is 5.75 Å². The van der Waals surface area contributed by atoms with Crippen LogP contribution in [-0.4, -0.2) is 32.1 Å². The number of aryl methyl sites for hydroxylation is 1. The molecule has 0 aliphatic carbocycles. The van der Waals surface area contributed by atoms with Crippen molar-refractivity contribution in [2.75, 3.05) is 25.1 Å². The number of ether oxygens (including phenoxy) is 1. The van der Waals surface area contributed by atoms with E-state index in [0.717, 1.165) is 42.9 Å². The Bertz CT molecular complexity index is 853. The maximum atomic E-state index is 12.2. The van der Waals surface area contributed by atoms with Gasteiger partial charge in [-0.3, -0.25) is 4.79 Å². The molecule has 1 unspecified atom stereocenters. The summed E-state index contributed by atoms with van der Waals surface area (Å²) < 4.78 is 5.96. The number of amides is 1. The lowest BCUT2D eigenvalue weighted by Crippen LogP contribution is -2.45. The van der Waals surface area contributed by atoms with Crippen LogP contribution in [0.5, 0.6) is 5.75 Å². The van der Waals surface area contributed by atoms with Crippen molar-refractivity contribution in [2.24, 2.45) is 0 Å². The normalized spacial score (nSPS) is 21.7. The maximum absolute atomic E-state index is 12.2. The van der Waals surface area contributed by atoms with Crippen molar-refractivity contribution < 1.29 is 9.53 Å². The van der Waals surface area contributed by atoms with Gasteiger partial charge in [-0.15, -0.1) is 0 Å². The van der Waals surface area contributed by atoms with E-state index in [2.05, 4.69) is 53.1 Å². The van der Waals surface area contributed by atoms with E-state index in [4.69, 9.17) is 4.74 Å². The Morgan fingerprint density at radius 2 is 2.03 bits per heavy atom. The molecule has 0 bridgehead atoms. The van der Waals surface area contributed by atoms with Gasteiger partial charge in [0.15, 0.2) is 0 Å². The summed E-state index contributed by atoms with van der Waals surface area (Å²) in [6, 6.07) is 15.6. The molecule has 0 aromatic heterocycles. The Hall–Kier alpha value is -2.37. The molecular formula is C24H31N3O2. The van der Waals surface area contributed by atoms with Crippen LogP contribution >= 0.6 is 0 Å². The molecule has 5 nitrogen and oxygen atoms in total. The fourth-order valence-corrected chi connectivity index (χ4v) is 4.50. The molecule has 2 atom stereocenters. The predicted molar refractivity (Wildman–Crippen MR) is 116 cm³/mol. The van der Waals surface area contributed by atoms with E-state index in [1.54, 1.807) is 4.90 Å². The van der Waals surface area contributed by atoms with E-state index in [1.165, 1.54) is 17.5 Å². The molecule has 2 aliphatic heterocycles. The fourth-order valence-electron chi connectivity index (χ4n) is 4.50. The molecule has 2 aliphatic rings. The first kappa shape index (κ1) is 19.9. The Labute approximate surface area is 173 Å². The zero-order valence-electron chi connectivity index (χ0n) is 17.4. The van der Waals surface area contributed by atoms with Gasteiger partial charge in [-0.05, 0) is 56.0 Å². The minimum atomic E-state index is 0.182. The van der Waals surface area contributed by atoms with E-state index >= 15 is 0 Å². The molecule has 5 heteroatoms. The van der Waals surface area contributed by atoms with Crippen LogP contribution in [0.1, 0.15) is 48.9 Å². The van der Waals surface area contributed by atoms with Gasteiger partial charge < -0.3 is 20.3 Å². The minimum absolute atomic E-state index is 0.182. The number of benzene rings is 2. The van der Waals surface area contributed by atoms with Gasteiger partial charge in [-0.1, -0.05) is 30.3 Å². The highest BCUT2D eigenvalue weighted by Crippen LogP contribution is 2.34. The quantitative estimate of drug-likeness (QED) is 0.788. The number of fused-ring (bicyclic) bond motifs is 1. The number of hydrogen-bond donors (Lipinski definition) is 2. The summed E-state index contributed by atoms with van der Waals surface area (Å²) >= 11 is 0. The van der Waals surface area contributed by atoms with Crippen molar-refractivity contribution in [2.45, 2.75) is 51.2 Å². The predicted octanol–water partition coefficient (Wildman–Crippen LogP) is 3.58. The molecule has 2 aromatic rings. The summed E-state index contributed by atoms with van der Waals surface area (Å²) in [6.07, 6.45) is 3.66. The fraction of sp³-hybridized carbons (Fsp3) is 0.458. The lowest BCUT2D eigenvalue weighted by molar-refractivity contribution is -0.118. The molecule has 0 saturated carbocycles. The molecule has 2 aromatic carbocycles. The molecule has 2 heterocycles. The number of rotatable bonds is 6. The van der Waals surface area contributed by atoms with Gasteiger partial charge in [0.05, 0.1) is 6.61 Å². The van der Waals surface area contributed by atoms with E-state index in [1.807, 2.05) is 14.0 Å². The van der Waals surface area contributed by atoms with Crippen molar-refractivity contribution in [1.82, 2.24) is 10.6 Å². The number of nitrogens with zero attached hydrogens (tertiary/aromatic N) is 1. The highest BCUT2D eigenvalue weighted by molar-refractivity contribution is 5.96. The van der Waals surface area contributed by atoms with Gasteiger partial charge in [-0.25, -0.2) is 0 Å². The number of piperidine rings is 1. The maximum Gasteiger partial charge on any atom is 0.227 e. The lowest BCUT2D eigenvalue weighted by Gasteiger charge is -2.34. The molecule has 2 N–H and O–H groups in total. The Morgan fingerprint density at radius 3 is 2.83 bits per heavy atom. The second kappa shape index (κ2) is 8.97. The van der Waals surface area contributed by atoms with Crippen molar-refractivity contribution in [3.05, 3.63) is 59.2 Å². The van der Waals surface area contributed by atoms with E-state index in [-0.39, 0.29) is 5.91 Å². The summed E-state index contributed by atoms with van der Waals surface area (Å²) in [7, 11) is 1.87. The van der Waals surface area contributed by atoms with Crippen LogP contribution in [0.3, 0.4) is 0 Å². The molecule has 1 fully saturated rings. The third-order valence-electron chi connectivity index (χ3n) is 6.08. The second-order valence-corrected chi connectivity index (χ2v) is 7.95. The average molecular weight is 394 g/mol. The van der Waals surface area contributed by atoms with Gasteiger partial charge >= 0.3 is 0 Å². The molecule has 0 spiro atoms. The Balaban J connectivity index is 1.55. The molecule has 1 saturated heterocycles. The van der Waals surface area contributed by atoms with Gasteiger partial charge in [-0.2, -0.15) is 0 Å². The number of carbonyl (C=O) groups is 1. The average Bonchev–Trinajstić information content (AvgIpc) is 2.76. The summed E-state index contributed by atoms with van der Waals surface area (Å²) in [4.78, 5) is 13.9. The van der Waals surface area contributed by atoms with Crippen LogP contribution in [0.15, 0.2) is 42.5 Å². The van der Waals surface area contributed by atoms with Crippen LogP contribution in [0.4, 0.5) is 5.69 Å². The number of anilines is 1. The van der Waals surface area contributed by atoms with Crippen LogP contribution < -0.4 is 20.3 Å². The highest BCUT2D eigenvalue weighted by atomic mass is 16.5. The molecule has 29 heavy (non-hydrogen) atoms. The second-order valence-electron chi connectivity index (χ2n) is 7.95. The van der Waals surface area contributed by atoms with Crippen LogP contribution in [-0.2, 0) is 17.8 Å². The summed E-state index contributed by atoms with van der Waals surface area (Å²) in [5.41, 5.74) is 4.65. The van der Waals surface area contributed by atoms with Gasteiger partial charge in [0.2, 0.25) is 5.91 Å². The molecular weight excluding hydrogens is 362 g/mol. The van der Waals surface area contributed by atoms with Gasteiger partial charge in [0.25, 0.3) is 0 Å². The third-order valence-corrected chi connectivity index (χ3v) is 6.08. The first-order chi connectivity index (χ1) is 14.2. The van der Waals surface area contributed by atoms with Crippen LogP contribution in [0.25, 0.3) is 0 Å². The lowest BCUT2D eigenvalue weighted by atomic mass is 9.92. The number of hydrogen-bond acceptors (Lipinski definition) is 4. The molecule has 154 valence electrons. The van der Waals surface area contributed by atoms with Crippen molar-refractivity contribution in [3.63, 3.8) is 0 Å². The van der Waals surface area contributed by atoms with Crippen LogP contribution in [0.2, 0.25) is 0 Å². The van der Waals surface area contributed by atoms with Crippen molar-refractivity contribution in [3.8, 4) is 5.75 Å². The largest absolute Gasteiger partial charge is 0.494 e. The SMILES string of the molecule is CCOc1cc2c(cc1CNC1CCCN[C@H]1c1ccccc1)N(C)C(=O)CC2. The summed E-state index contributed by atoms with van der Waals surface area (Å²) in [6.45, 7) is 4.43. The van der Waals surface area contributed by atoms with E-state index < -0.39 is 0 Å². The molecule has 0 radical (unpaired) electrons. The molecule has 1 amide bonds. The molecule has 4 rings (SSSR count). The highest BCUT2D eigenvalue weighted by Gasteiger charge is 2.27. The third kappa shape index (κ3) is 4.31. The zero-order valence-corrected chi connectivity index (χ0v) is 17.4. The van der Waals surface area contributed by atoms with Crippen LogP contribution in [0, 0.1) is 0 Å². The van der Waals surface area contributed by atoms with E-state index in [0.29, 0.717) is 25.1 Å². The van der Waals surface area contributed by atoms with E-state index in [9.17, 15) is 4.79 Å². The minimum Gasteiger partial charge on any atom is -0.494 e. The standard InChI is InChI=1S/C24H31N3O2/c1-3-29-22-15-18-11-12-23(28)27(2)21(18)14-19(22)16-26-20-10-7-13-25-24(20)17-8-5-4-6-9-17/h4-6,8-9,14-15,20,24-26H,3,7,10-13,16H2,1-2H3/t20?,24-/m0/s1. The van der Waals surface area contributed by atoms with Crippen molar-refractivity contribution in [1.29, 1.82) is 0 Å². The Morgan fingerprint density at radius 1 is 1.21 bits per heavy atom. The monoisotopic (exact) mass is 393 g/mol. The smallest absolute Gasteiger partial charge is 0.227 e. The summed E-state index contributed by atoms with van der Waals surface area (Å²) in [5.74, 6) is 1.11. The topological polar surface area (TPSA) is 53.6 Å². The number of carbonyl (C=O) groups excluding carboxylic acids is 1. The zero-order chi connectivity index (χ0) is 20.2. The number of nitrogens with one attached hydrogen (secondary N) is 2. The van der Waals surface area contributed by atoms with Crippen molar-refractivity contribution >= 4 is 11.6 Å². The van der Waals surface area contributed by atoms with Gasteiger partial charge in [0, 0.05) is 43.3 Å². The Kier molecular flexibility index (Phi) is 6.16. The first-order valence-electron chi connectivity index (χ1n) is 10.7. The summed E-state index contributed by atoms with van der Waals surface area (Å²) in [5, 5.41) is 7.45. The first-order valence-corrected chi connectivity index (χ1v) is 10.7.